The van der Waals surface area contributed by atoms with Crippen molar-refractivity contribution in [1.29, 1.82) is 0 Å². The Morgan fingerprint density at radius 3 is 2.24 bits per heavy atom. The van der Waals surface area contributed by atoms with Crippen LogP contribution in [0.1, 0.15) is 24.8 Å². The highest BCUT2D eigenvalue weighted by molar-refractivity contribution is 5.78. The summed E-state index contributed by atoms with van der Waals surface area (Å²) in [7, 11) is 0. The van der Waals surface area contributed by atoms with Gasteiger partial charge in [0.1, 0.15) is 0 Å². The number of nitrogens with zero attached hydrogens (tertiary/aromatic N) is 1. The van der Waals surface area contributed by atoms with E-state index in [1.165, 1.54) is 25.0 Å². The molecular weight excluding hydrogens is 372 g/mol. The van der Waals surface area contributed by atoms with Crippen molar-refractivity contribution >= 4 is 11.6 Å². The molecule has 1 unspecified atom stereocenters. The molecule has 2 rings (SSSR count). The number of carbonyl (C=O) groups is 1. The van der Waals surface area contributed by atoms with E-state index in [2.05, 4.69) is 26.6 Å². The quantitative estimate of drug-likeness (QED) is 0.358. The van der Waals surface area contributed by atoms with Crippen LogP contribution in [0.3, 0.4) is 0 Å². The Morgan fingerprint density at radius 2 is 1.55 bits per heavy atom. The monoisotopic (exact) mass is 406 g/mol. The van der Waals surface area contributed by atoms with Gasteiger partial charge in [0.25, 0.3) is 5.69 Å². The maximum Gasteiger partial charge on any atom is 0.269 e. The fourth-order valence-electron chi connectivity index (χ4n) is 3.22. The molecule has 1 aromatic carbocycles. The normalized spacial score (nSPS) is 21.5. The molecule has 1 aromatic rings. The molecule has 9 nitrogen and oxygen atoms in total. The molecule has 1 fully saturated rings. The van der Waals surface area contributed by atoms with Gasteiger partial charge in [0, 0.05) is 50.9 Å². The Hall–Kier alpha value is -2.07. The van der Waals surface area contributed by atoms with Crippen molar-refractivity contribution in [3.05, 3.63) is 39.9 Å². The lowest BCUT2D eigenvalue weighted by molar-refractivity contribution is -0.384. The van der Waals surface area contributed by atoms with Crippen LogP contribution in [0.4, 0.5) is 5.69 Å². The predicted octanol–water partition coefficient (Wildman–Crippen LogP) is 0.164. The second kappa shape index (κ2) is 14.0. The maximum atomic E-state index is 12.1. The summed E-state index contributed by atoms with van der Waals surface area (Å²) in [6, 6.07) is 6.65. The third kappa shape index (κ3) is 10.3. The molecule has 1 aliphatic rings. The summed E-state index contributed by atoms with van der Waals surface area (Å²) in [5.74, 6) is -0.0247. The molecule has 0 aromatic heterocycles. The highest BCUT2D eigenvalue weighted by Gasteiger charge is 2.12. The van der Waals surface area contributed by atoms with E-state index in [0.717, 1.165) is 44.7 Å². The minimum absolute atomic E-state index is 0.0247. The summed E-state index contributed by atoms with van der Waals surface area (Å²) in [6.07, 6.45) is 4.21. The fourth-order valence-corrected chi connectivity index (χ4v) is 3.22. The van der Waals surface area contributed by atoms with Crippen molar-refractivity contribution in [3.63, 3.8) is 0 Å². The topological polar surface area (TPSA) is 120 Å². The summed E-state index contributed by atoms with van der Waals surface area (Å²) in [4.78, 5) is 22.5. The lowest BCUT2D eigenvalue weighted by Crippen LogP contribution is -2.46. The molecule has 1 amide bonds. The first-order valence-corrected chi connectivity index (χ1v) is 10.5. The van der Waals surface area contributed by atoms with Crippen LogP contribution in [0.5, 0.6) is 0 Å². The van der Waals surface area contributed by atoms with Gasteiger partial charge in [0.05, 0.1) is 11.5 Å². The minimum Gasteiger partial charge on any atom is -0.354 e. The van der Waals surface area contributed by atoms with E-state index in [-0.39, 0.29) is 24.2 Å². The van der Waals surface area contributed by atoms with E-state index in [1.54, 1.807) is 12.1 Å². The smallest absolute Gasteiger partial charge is 0.269 e. The first kappa shape index (κ1) is 23.2. The van der Waals surface area contributed by atoms with Crippen molar-refractivity contribution in [2.24, 2.45) is 0 Å². The second-order valence-corrected chi connectivity index (χ2v) is 7.32. The van der Waals surface area contributed by atoms with Crippen LogP contribution in [-0.2, 0) is 11.2 Å². The zero-order chi connectivity index (χ0) is 20.7. The van der Waals surface area contributed by atoms with Gasteiger partial charge in [-0.25, -0.2) is 0 Å². The highest BCUT2D eigenvalue weighted by atomic mass is 16.6. The summed E-state index contributed by atoms with van der Waals surface area (Å²) in [5, 5.41) is 27.3. The molecule has 1 saturated heterocycles. The maximum absolute atomic E-state index is 12.1. The zero-order valence-corrected chi connectivity index (χ0v) is 17.0. The largest absolute Gasteiger partial charge is 0.354 e. The van der Waals surface area contributed by atoms with Gasteiger partial charge in [-0.05, 0) is 37.9 Å². The third-order valence-electron chi connectivity index (χ3n) is 4.88. The molecule has 0 bridgehead atoms. The molecule has 0 radical (unpaired) electrons. The Morgan fingerprint density at radius 1 is 0.897 bits per heavy atom. The lowest BCUT2D eigenvalue weighted by Gasteiger charge is -2.20. The van der Waals surface area contributed by atoms with Gasteiger partial charge in [-0.3, -0.25) is 14.9 Å². The van der Waals surface area contributed by atoms with Crippen molar-refractivity contribution in [2.45, 2.75) is 31.7 Å². The predicted molar refractivity (Wildman–Crippen MR) is 114 cm³/mol. The van der Waals surface area contributed by atoms with Crippen LogP contribution in [0.25, 0.3) is 0 Å². The molecule has 1 aliphatic heterocycles. The first-order chi connectivity index (χ1) is 14.1. The molecule has 5 N–H and O–H groups in total. The molecule has 1 atom stereocenters. The van der Waals surface area contributed by atoms with Crippen molar-refractivity contribution < 1.29 is 9.72 Å². The average Bonchev–Trinajstić information content (AvgIpc) is 2.71. The summed E-state index contributed by atoms with van der Waals surface area (Å²) < 4.78 is 0. The number of hydrogen-bond acceptors (Lipinski definition) is 7. The summed E-state index contributed by atoms with van der Waals surface area (Å²) in [5.41, 5.74) is 1.09. The van der Waals surface area contributed by atoms with Crippen molar-refractivity contribution in [2.75, 3.05) is 52.4 Å². The fraction of sp³-hybridized carbons (Fsp3) is 0.650. The number of nitro benzene ring substituents is 1. The van der Waals surface area contributed by atoms with Gasteiger partial charge in [0.15, 0.2) is 0 Å². The average molecular weight is 407 g/mol. The van der Waals surface area contributed by atoms with Crippen molar-refractivity contribution in [1.82, 2.24) is 26.6 Å². The highest BCUT2D eigenvalue weighted by Crippen LogP contribution is 2.13. The molecule has 0 spiro atoms. The first-order valence-electron chi connectivity index (χ1n) is 10.5. The number of non-ortho nitro benzene ring substituents is 1. The van der Waals surface area contributed by atoms with Gasteiger partial charge >= 0.3 is 0 Å². The second-order valence-electron chi connectivity index (χ2n) is 7.32. The van der Waals surface area contributed by atoms with E-state index < -0.39 is 4.92 Å². The lowest BCUT2D eigenvalue weighted by atomic mass is 10.1. The molecule has 1 heterocycles. The van der Waals surface area contributed by atoms with Crippen LogP contribution in [-0.4, -0.2) is 69.2 Å². The van der Waals surface area contributed by atoms with E-state index in [0.29, 0.717) is 19.5 Å². The van der Waals surface area contributed by atoms with Gasteiger partial charge in [-0.2, -0.15) is 0 Å². The standard InChI is InChI=1S/C20H34N6O3/c27-20-16-25-18(14-17-4-6-19(7-5-17)26(28)29)15-23-11-10-21-8-2-1-3-9-22-12-13-24-20/h4-7,18,21-23,25H,1-3,8-16H2,(H,24,27). The number of nitro groups is 1. The minimum atomic E-state index is -0.397. The Labute approximate surface area is 172 Å². The van der Waals surface area contributed by atoms with Crippen LogP contribution in [0.2, 0.25) is 0 Å². The molecule has 162 valence electrons. The van der Waals surface area contributed by atoms with Crippen LogP contribution in [0.15, 0.2) is 24.3 Å². The molecule has 0 saturated carbocycles. The number of hydrogen-bond donors (Lipinski definition) is 5. The van der Waals surface area contributed by atoms with Gasteiger partial charge < -0.3 is 26.6 Å². The number of nitrogens with one attached hydrogen (secondary N) is 5. The van der Waals surface area contributed by atoms with E-state index in [4.69, 9.17) is 0 Å². The molecule has 0 aliphatic carbocycles. The van der Waals surface area contributed by atoms with Crippen LogP contribution in [0, 0.1) is 10.1 Å². The van der Waals surface area contributed by atoms with Gasteiger partial charge in [-0.1, -0.05) is 18.6 Å². The van der Waals surface area contributed by atoms with E-state index >= 15 is 0 Å². The number of carbonyl (C=O) groups excluding carboxylic acids is 1. The van der Waals surface area contributed by atoms with E-state index in [1.807, 2.05) is 0 Å². The van der Waals surface area contributed by atoms with Gasteiger partial charge in [0.2, 0.25) is 5.91 Å². The third-order valence-corrected chi connectivity index (χ3v) is 4.88. The Kier molecular flexibility index (Phi) is 11.2. The molecular formula is C20H34N6O3. The Bertz CT molecular complexity index is 611. The van der Waals surface area contributed by atoms with E-state index in [9.17, 15) is 14.9 Å². The van der Waals surface area contributed by atoms with Gasteiger partial charge in [-0.15, -0.1) is 0 Å². The zero-order valence-electron chi connectivity index (χ0n) is 17.0. The molecule has 9 heteroatoms. The molecule has 29 heavy (non-hydrogen) atoms. The van der Waals surface area contributed by atoms with Crippen LogP contribution >= 0.6 is 0 Å². The summed E-state index contributed by atoms with van der Waals surface area (Å²) in [6.45, 7) is 6.13. The number of amides is 1. The summed E-state index contributed by atoms with van der Waals surface area (Å²) >= 11 is 0. The number of benzene rings is 1. The Balaban J connectivity index is 1.87. The van der Waals surface area contributed by atoms with Crippen molar-refractivity contribution in [3.8, 4) is 0 Å². The number of rotatable bonds is 3. The SMILES string of the molecule is O=C1CNC(Cc2ccc([N+](=O)[O-])cc2)CNCCNCCCCCNCCN1. The van der Waals surface area contributed by atoms with Crippen LogP contribution < -0.4 is 26.6 Å².